The van der Waals surface area contributed by atoms with Gasteiger partial charge in [-0.15, -0.1) is 0 Å². The van der Waals surface area contributed by atoms with Crippen molar-refractivity contribution in [3.63, 3.8) is 0 Å². The van der Waals surface area contributed by atoms with E-state index in [9.17, 15) is 14.4 Å². The number of ether oxygens (including phenoxy) is 4. The molecule has 0 radical (unpaired) electrons. The maximum atomic E-state index is 13.3. The van der Waals surface area contributed by atoms with E-state index < -0.39 is 5.97 Å². The second kappa shape index (κ2) is 16.5. The lowest BCUT2D eigenvalue weighted by Crippen LogP contribution is -2.34. The van der Waals surface area contributed by atoms with Gasteiger partial charge >= 0.3 is 11.9 Å². The second-order valence-electron chi connectivity index (χ2n) is 11.6. The first-order valence-corrected chi connectivity index (χ1v) is 16.1. The summed E-state index contributed by atoms with van der Waals surface area (Å²) in [5.74, 6) is -0.168. The van der Waals surface area contributed by atoms with Gasteiger partial charge in [-0.3, -0.25) is 9.59 Å². The van der Waals surface area contributed by atoms with Gasteiger partial charge in [-0.05, 0) is 91.6 Å². The van der Waals surface area contributed by atoms with E-state index in [0.29, 0.717) is 38.2 Å². The Morgan fingerprint density at radius 1 is 0.809 bits per heavy atom. The Morgan fingerprint density at radius 3 is 2.26 bits per heavy atom. The van der Waals surface area contributed by atoms with Crippen LogP contribution in [0.1, 0.15) is 64.4 Å². The van der Waals surface area contributed by atoms with Gasteiger partial charge in [0.15, 0.2) is 0 Å². The highest BCUT2D eigenvalue weighted by atomic mass is 16.5. The van der Waals surface area contributed by atoms with Crippen LogP contribution in [-0.4, -0.2) is 44.2 Å². The van der Waals surface area contributed by atoms with Crippen LogP contribution in [0.4, 0.5) is 0 Å². The van der Waals surface area contributed by atoms with Crippen molar-refractivity contribution in [2.45, 2.75) is 51.7 Å². The molecule has 1 N–H and O–H groups in total. The number of hydrogen-bond donors (Lipinski definition) is 1. The summed E-state index contributed by atoms with van der Waals surface area (Å²) < 4.78 is 22.1. The number of nitrogens with one attached hydrogen (secondary N) is 1. The molecule has 0 heterocycles. The third-order valence-electron chi connectivity index (χ3n) is 8.29. The lowest BCUT2D eigenvalue weighted by Gasteiger charge is -2.16. The van der Waals surface area contributed by atoms with Gasteiger partial charge in [-0.1, -0.05) is 66.7 Å². The summed E-state index contributed by atoms with van der Waals surface area (Å²) in [5, 5.41) is 3.00. The quantitative estimate of drug-likeness (QED) is 0.116. The first kappa shape index (κ1) is 33.3. The molecule has 0 spiro atoms. The molecule has 5 rings (SSSR count). The molecular formula is C39H41NO7. The third-order valence-corrected chi connectivity index (χ3v) is 8.29. The zero-order valence-electron chi connectivity index (χ0n) is 26.9. The number of amides is 1. The van der Waals surface area contributed by atoms with Crippen molar-refractivity contribution in [2.75, 3.05) is 20.3 Å². The molecule has 2 atom stereocenters. The fourth-order valence-electron chi connectivity index (χ4n) is 5.73. The van der Waals surface area contributed by atoms with Gasteiger partial charge in [-0.2, -0.15) is 0 Å². The van der Waals surface area contributed by atoms with E-state index in [1.165, 1.54) is 24.3 Å². The van der Waals surface area contributed by atoms with Crippen LogP contribution in [-0.2, 0) is 27.3 Å². The molecule has 0 saturated heterocycles. The van der Waals surface area contributed by atoms with E-state index in [1.807, 2.05) is 42.5 Å². The first-order chi connectivity index (χ1) is 22.9. The third kappa shape index (κ3) is 9.22. The Labute approximate surface area is 276 Å². The van der Waals surface area contributed by atoms with Crippen molar-refractivity contribution in [1.29, 1.82) is 0 Å². The van der Waals surface area contributed by atoms with Crippen LogP contribution in [0.25, 0.3) is 11.1 Å². The highest BCUT2D eigenvalue weighted by Gasteiger charge is 2.32. The van der Waals surface area contributed by atoms with E-state index in [2.05, 4.69) is 41.7 Å². The van der Waals surface area contributed by atoms with E-state index in [1.54, 1.807) is 19.1 Å². The van der Waals surface area contributed by atoms with Crippen molar-refractivity contribution in [1.82, 2.24) is 5.32 Å². The maximum absolute atomic E-state index is 13.3. The molecule has 1 amide bonds. The van der Waals surface area contributed by atoms with Gasteiger partial charge < -0.3 is 24.3 Å². The highest BCUT2D eigenvalue weighted by Crippen LogP contribution is 2.28. The molecule has 1 aliphatic carbocycles. The molecule has 47 heavy (non-hydrogen) atoms. The Balaban J connectivity index is 1.12. The summed E-state index contributed by atoms with van der Waals surface area (Å²) in [4.78, 5) is 37.7. The van der Waals surface area contributed by atoms with Crippen molar-refractivity contribution in [3.05, 3.63) is 119 Å². The lowest BCUT2D eigenvalue weighted by atomic mass is 10.0. The van der Waals surface area contributed by atoms with Crippen LogP contribution in [0, 0.1) is 5.92 Å². The number of carbonyl (C=O) groups excluding carboxylic acids is 3. The van der Waals surface area contributed by atoms with E-state index in [0.717, 1.165) is 29.7 Å². The molecule has 8 heteroatoms. The minimum absolute atomic E-state index is 0.169. The summed E-state index contributed by atoms with van der Waals surface area (Å²) in [6.07, 6.45) is 3.33. The summed E-state index contributed by atoms with van der Waals surface area (Å²) in [6, 6.07) is 31.3. The van der Waals surface area contributed by atoms with Gasteiger partial charge in [0.25, 0.3) is 5.91 Å². The van der Waals surface area contributed by atoms with E-state index in [4.69, 9.17) is 18.9 Å². The fourth-order valence-corrected chi connectivity index (χ4v) is 5.73. The summed E-state index contributed by atoms with van der Waals surface area (Å²) in [5.41, 5.74) is 5.14. The standard InChI is InChI=1S/C39H41NO7/c1-3-45-39(43)32-18-22-36(35(25-32)37(41)40-33-19-17-31(24-33)38(42)44-2)46-23-7-8-27-13-20-34(21-14-27)47-26-28-11-15-30(16-12-28)29-9-5-4-6-10-29/h4-6,9-16,18,20-22,25,31,33H,3,7-8,17,19,23-24,26H2,1-2H3,(H,40,41)/t31-,33+/m1/s1. The van der Waals surface area contributed by atoms with Gasteiger partial charge in [0.2, 0.25) is 0 Å². The Hall–Kier alpha value is -5.11. The average molecular weight is 636 g/mol. The molecule has 1 aliphatic rings. The second-order valence-corrected chi connectivity index (χ2v) is 11.6. The van der Waals surface area contributed by atoms with Crippen LogP contribution in [0.5, 0.6) is 11.5 Å². The average Bonchev–Trinajstić information content (AvgIpc) is 3.58. The molecule has 0 unspecified atom stereocenters. The number of esters is 2. The Bertz CT molecular complexity index is 1630. The van der Waals surface area contributed by atoms with Gasteiger partial charge in [-0.25, -0.2) is 4.79 Å². The van der Waals surface area contributed by atoms with Crippen LogP contribution in [0.2, 0.25) is 0 Å². The smallest absolute Gasteiger partial charge is 0.338 e. The topological polar surface area (TPSA) is 100 Å². The Morgan fingerprint density at radius 2 is 1.53 bits per heavy atom. The number of methoxy groups -OCH3 is 1. The van der Waals surface area contributed by atoms with Gasteiger partial charge in [0.1, 0.15) is 18.1 Å². The zero-order chi connectivity index (χ0) is 33.0. The molecule has 0 aliphatic heterocycles. The lowest BCUT2D eigenvalue weighted by molar-refractivity contribution is -0.145. The molecule has 244 valence electrons. The molecule has 1 fully saturated rings. The number of aryl methyl sites for hydroxylation is 1. The minimum Gasteiger partial charge on any atom is -0.493 e. The molecule has 0 aromatic heterocycles. The highest BCUT2D eigenvalue weighted by molar-refractivity contribution is 6.00. The predicted octanol–water partition coefficient (Wildman–Crippen LogP) is 7.19. The fraction of sp³-hybridized carbons (Fsp3) is 0.308. The van der Waals surface area contributed by atoms with Crippen LogP contribution in [0.3, 0.4) is 0 Å². The Kier molecular flexibility index (Phi) is 11.6. The van der Waals surface area contributed by atoms with E-state index in [-0.39, 0.29) is 41.6 Å². The predicted molar refractivity (Wildman–Crippen MR) is 179 cm³/mol. The van der Waals surface area contributed by atoms with Crippen LogP contribution < -0.4 is 14.8 Å². The number of rotatable bonds is 14. The first-order valence-electron chi connectivity index (χ1n) is 16.1. The zero-order valence-corrected chi connectivity index (χ0v) is 26.9. The summed E-state index contributed by atoms with van der Waals surface area (Å²) in [6.45, 7) is 2.82. The van der Waals surface area contributed by atoms with Crippen molar-refractivity contribution < 1.29 is 33.3 Å². The SMILES string of the molecule is CCOC(=O)c1ccc(OCCCc2ccc(OCc3ccc(-c4ccccc4)cc3)cc2)c(C(=O)N[C@H]2CC[C@@H](C(=O)OC)C2)c1. The molecule has 4 aromatic rings. The monoisotopic (exact) mass is 635 g/mol. The molecule has 0 bridgehead atoms. The van der Waals surface area contributed by atoms with E-state index >= 15 is 0 Å². The van der Waals surface area contributed by atoms with Crippen molar-refractivity contribution in [2.24, 2.45) is 5.92 Å². The number of carbonyl (C=O) groups is 3. The molecule has 8 nitrogen and oxygen atoms in total. The molecule has 4 aromatic carbocycles. The number of benzene rings is 4. The van der Waals surface area contributed by atoms with Crippen molar-refractivity contribution >= 4 is 17.8 Å². The molecular weight excluding hydrogens is 594 g/mol. The van der Waals surface area contributed by atoms with Gasteiger partial charge in [0, 0.05) is 6.04 Å². The maximum Gasteiger partial charge on any atom is 0.338 e. The minimum atomic E-state index is -0.506. The largest absolute Gasteiger partial charge is 0.493 e. The van der Waals surface area contributed by atoms with Crippen LogP contribution >= 0.6 is 0 Å². The summed E-state index contributed by atoms with van der Waals surface area (Å²) in [7, 11) is 1.37. The van der Waals surface area contributed by atoms with Crippen molar-refractivity contribution in [3.8, 4) is 22.6 Å². The van der Waals surface area contributed by atoms with Gasteiger partial charge in [0.05, 0.1) is 37.4 Å². The summed E-state index contributed by atoms with van der Waals surface area (Å²) >= 11 is 0. The molecule has 1 saturated carbocycles. The van der Waals surface area contributed by atoms with Crippen LogP contribution in [0.15, 0.2) is 97.1 Å². The number of hydrogen-bond acceptors (Lipinski definition) is 7. The normalized spacial score (nSPS) is 15.4.